The van der Waals surface area contributed by atoms with E-state index in [-0.39, 0.29) is 0 Å². The van der Waals surface area contributed by atoms with Gasteiger partial charge in [0, 0.05) is 34.6 Å². The number of hydrogen-bond donors (Lipinski definition) is 1. The van der Waals surface area contributed by atoms with E-state index in [1.165, 1.54) is 5.56 Å². The maximum atomic E-state index is 6.49. The van der Waals surface area contributed by atoms with E-state index in [1.54, 1.807) is 6.07 Å². The predicted molar refractivity (Wildman–Crippen MR) is 139 cm³/mol. The van der Waals surface area contributed by atoms with Crippen LogP contribution in [0.1, 0.15) is 5.56 Å². The molecule has 5 aromatic rings. The molecule has 0 atom stereocenters. The van der Waals surface area contributed by atoms with Crippen LogP contribution in [0.15, 0.2) is 103 Å². The fourth-order valence-corrected chi connectivity index (χ4v) is 4.41. The highest BCUT2D eigenvalue weighted by atomic mass is 35.5. The molecule has 0 spiro atoms. The molecule has 0 radical (unpaired) electrons. The second-order valence-corrected chi connectivity index (χ2v) is 8.73. The molecule has 33 heavy (non-hydrogen) atoms. The largest absolute Gasteiger partial charge is 0.399 e. The van der Waals surface area contributed by atoms with Crippen LogP contribution in [0.2, 0.25) is 10.0 Å². The number of rotatable bonds is 5. The summed E-state index contributed by atoms with van der Waals surface area (Å²) in [5.41, 5.74) is 12.8. The van der Waals surface area contributed by atoms with Crippen molar-refractivity contribution in [2.45, 2.75) is 6.54 Å². The van der Waals surface area contributed by atoms with Crippen molar-refractivity contribution in [2.75, 3.05) is 5.73 Å². The van der Waals surface area contributed by atoms with Gasteiger partial charge in [-0.2, -0.15) is 0 Å². The van der Waals surface area contributed by atoms with Gasteiger partial charge in [-0.15, -0.1) is 0 Å². The second-order valence-electron chi connectivity index (χ2n) is 7.89. The molecule has 0 aliphatic rings. The number of nitrogen functional groups attached to an aromatic ring is 1. The first-order valence-corrected chi connectivity index (χ1v) is 11.4. The van der Waals surface area contributed by atoms with Gasteiger partial charge in [0.25, 0.3) is 0 Å². The van der Waals surface area contributed by atoms with E-state index in [4.69, 9.17) is 33.9 Å². The molecule has 0 aliphatic heterocycles. The third-order valence-electron chi connectivity index (χ3n) is 5.54. The Morgan fingerprint density at radius 1 is 0.727 bits per heavy atom. The van der Waals surface area contributed by atoms with Gasteiger partial charge in [0.05, 0.1) is 10.7 Å². The molecule has 1 heterocycles. The van der Waals surface area contributed by atoms with E-state index < -0.39 is 0 Å². The van der Waals surface area contributed by atoms with Gasteiger partial charge in [-0.3, -0.25) is 0 Å². The average Bonchev–Trinajstić information content (AvgIpc) is 3.23. The Hall–Kier alpha value is -3.53. The zero-order chi connectivity index (χ0) is 22.8. The lowest BCUT2D eigenvalue weighted by Gasteiger charge is -2.09. The van der Waals surface area contributed by atoms with Crippen LogP contribution >= 0.6 is 23.2 Å². The standard InChI is InChI=1S/C28H21Cl2N3/c29-23-13-14-25(26(30)16-23)27-18-33(17-19-5-2-1-3-6-19)28(32-27)21-11-9-20(10-12-21)22-7-4-8-24(31)15-22/h1-16,18H,17,31H2. The molecule has 5 rings (SSSR count). The maximum absolute atomic E-state index is 6.49. The molecule has 4 aromatic carbocycles. The van der Waals surface area contributed by atoms with Gasteiger partial charge >= 0.3 is 0 Å². The second kappa shape index (κ2) is 9.14. The summed E-state index contributed by atoms with van der Waals surface area (Å²) in [5.74, 6) is 0.874. The molecule has 0 saturated heterocycles. The first-order valence-electron chi connectivity index (χ1n) is 10.6. The molecule has 1 aromatic heterocycles. The van der Waals surface area contributed by atoms with Crippen molar-refractivity contribution in [3.8, 4) is 33.8 Å². The Bertz CT molecular complexity index is 1410. The lowest BCUT2D eigenvalue weighted by molar-refractivity contribution is 0.807. The van der Waals surface area contributed by atoms with Gasteiger partial charge in [-0.1, -0.05) is 89.9 Å². The van der Waals surface area contributed by atoms with E-state index in [0.29, 0.717) is 16.6 Å². The first kappa shape index (κ1) is 21.3. The SMILES string of the molecule is Nc1cccc(-c2ccc(-c3nc(-c4ccc(Cl)cc4Cl)cn3Cc3ccccc3)cc2)c1. The molecule has 3 nitrogen and oxygen atoms in total. The van der Waals surface area contributed by atoms with Crippen LogP contribution in [0.4, 0.5) is 5.69 Å². The number of imidazole rings is 1. The predicted octanol–water partition coefficient (Wildman–Crippen LogP) is 7.82. The summed E-state index contributed by atoms with van der Waals surface area (Å²) in [6, 6.07) is 32.1. The van der Waals surface area contributed by atoms with E-state index in [1.807, 2.05) is 54.7 Å². The van der Waals surface area contributed by atoms with Crippen LogP contribution in [0, 0.1) is 0 Å². The van der Waals surface area contributed by atoms with E-state index in [0.717, 1.165) is 39.5 Å². The number of aromatic nitrogens is 2. The highest BCUT2D eigenvalue weighted by Gasteiger charge is 2.15. The summed E-state index contributed by atoms with van der Waals surface area (Å²) in [4.78, 5) is 4.97. The van der Waals surface area contributed by atoms with Crippen molar-refractivity contribution in [1.29, 1.82) is 0 Å². The summed E-state index contributed by atoms with van der Waals surface area (Å²) in [6.07, 6.45) is 2.04. The summed E-state index contributed by atoms with van der Waals surface area (Å²) >= 11 is 12.6. The first-order chi connectivity index (χ1) is 16.1. The van der Waals surface area contributed by atoms with Crippen molar-refractivity contribution in [3.63, 3.8) is 0 Å². The van der Waals surface area contributed by atoms with Crippen molar-refractivity contribution in [1.82, 2.24) is 9.55 Å². The van der Waals surface area contributed by atoms with Crippen LogP contribution in [0.3, 0.4) is 0 Å². The summed E-state index contributed by atoms with van der Waals surface area (Å²) in [5, 5.41) is 1.18. The lowest BCUT2D eigenvalue weighted by Crippen LogP contribution is -2.00. The van der Waals surface area contributed by atoms with E-state index in [9.17, 15) is 0 Å². The minimum atomic E-state index is 0.579. The van der Waals surface area contributed by atoms with Crippen molar-refractivity contribution in [3.05, 3.63) is 119 Å². The zero-order valence-electron chi connectivity index (χ0n) is 17.7. The number of hydrogen-bond acceptors (Lipinski definition) is 2. The van der Waals surface area contributed by atoms with Crippen LogP contribution < -0.4 is 5.73 Å². The summed E-state index contributed by atoms with van der Waals surface area (Å²) in [6.45, 7) is 0.700. The number of anilines is 1. The molecule has 5 heteroatoms. The van der Waals surface area contributed by atoms with Crippen LogP contribution in [0.5, 0.6) is 0 Å². The summed E-state index contributed by atoms with van der Waals surface area (Å²) in [7, 11) is 0. The fraction of sp³-hybridized carbons (Fsp3) is 0.0357. The fourth-order valence-electron chi connectivity index (χ4n) is 3.90. The monoisotopic (exact) mass is 469 g/mol. The Morgan fingerprint density at radius 3 is 2.21 bits per heavy atom. The Balaban J connectivity index is 1.57. The van der Waals surface area contributed by atoms with Gasteiger partial charge in [-0.25, -0.2) is 4.98 Å². The number of nitrogens with two attached hydrogens (primary N) is 1. The smallest absolute Gasteiger partial charge is 0.140 e. The topological polar surface area (TPSA) is 43.8 Å². The third-order valence-corrected chi connectivity index (χ3v) is 6.09. The molecule has 0 fully saturated rings. The van der Waals surface area contributed by atoms with Crippen molar-refractivity contribution >= 4 is 28.9 Å². The minimum Gasteiger partial charge on any atom is -0.399 e. The highest BCUT2D eigenvalue weighted by Crippen LogP contribution is 2.33. The Kier molecular flexibility index (Phi) is 5.91. The van der Waals surface area contributed by atoms with Gasteiger partial charge in [0.2, 0.25) is 0 Å². The Morgan fingerprint density at radius 2 is 1.48 bits per heavy atom. The minimum absolute atomic E-state index is 0.579. The third kappa shape index (κ3) is 4.65. The van der Waals surface area contributed by atoms with Crippen LogP contribution in [-0.4, -0.2) is 9.55 Å². The van der Waals surface area contributed by atoms with Crippen LogP contribution in [-0.2, 0) is 6.54 Å². The van der Waals surface area contributed by atoms with Crippen molar-refractivity contribution < 1.29 is 0 Å². The molecular formula is C28H21Cl2N3. The molecule has 0 aliphatic carbocycles. The molecule has 0 unspecified atom stereocenters. The number of benzene rings is 4. The van der Waals surface area contributed by atoms with Gasteiger partial charge < -0.3 is 10.3 Å². The molecule has 0 saturated carbocycles. The average molecular weight is 470 g/mol. The molecule has 0 bridgehead atoms. The molecular weight excluding hydrogens is 449 g/mol. The van der Waals surface area contributed by atoms with Gasteiger partial charge in [0.1, 0.15) is 5.82 Å². The molecule has 0 amide bonds. The maximum Gasteiger partial charge on any atom is 0.140 e. The van der Waals surface area contributed by atoms with Crippen LogP contribution in [0.25, 0.3) is 33.8 Å². The zero-order valence-corrected chi connectivity index (χ0v) is 19.3. The quantitative estimate of drug-likeness (QED) is 0.266. The van der Waals surface area contributed by atoms with Crippen molar-refractivity contribution in [2.24, 2.45) is 0 Å². The number of nitrogens with zero attached hydrogens (tertiary/aromatic N) is 2. The van der Waals surface area contributed by atoms with E-state index >= 15 is 0 Å². The lowest BCUT2D eigenvalue weighted by atomic mass is 10.0. The normalized spacial score (nSPS) is 11.0. The highest BCUT2D eigenvalue weighted by molar-refractivity contribution is 6.36. The molecule has 2 N–H and O–H groups in total. The van der Waals surface area contributed by atoms with E-state index in [2.05, 4.69) is 47.0 Å². The Labute approximate surface area is 203 Å². The van der Waals surface area contributed by atoms with Gasteiger partial charge in [-0.05, 0) is 47.0 Å². The van der Waals surface area contributed by atoms with Gasteiger partial charge in [0.15, 0.2) is 0 Å². The number of halogens is 2. The molecule has 162 valence electrons. The summed E-state index contributed by atoms with van der Waals surface area (Å²) < 4.78 is 2.16.